The third-order valence-electron chi connectivity index (χ3n) is 3.42. The lowest BCUT2D eigenvalue weighted by molar-refractivity contribution is -0.0835. The van der Waals surface area contributed by atoms with Crippen LogP contribution in [0.15, 0.2) is 0 Å². The molecule has 0 spiro atoms. The summed E-state index contributed by atoms with van der Waals surface area (Å²) < 4.78 is 5.63. The van der Waals surface area contributed by atoms with Crippen LogP contribution in [-0.2, 0) is 4.74 Å². The number of rotatable bonds is 5. The van der Waals surface area contributed by atoms with Crippen LogP contribution in [-0.4, -0.2) is 23.9 Å². The van der Waals surface area contributed by atoms with Crippen LogP contribution in [0.4, 0.5) is 0 Å². The van der Waals surface area contributed by atoms with Crippen LogP contribution in [0.3, 0.4) is 0 Å². The van der Waals surface area contributed by atoms with Crippen molar-refractivity contribution in [2.24, 2.45) is 11.8 Å². The Morgan fingerprint density at radius 1 is 1.23 bits per heavy atom. The molecule has 0 aromatic heterocycles. The molecule has 0 heterocycles. The zero-order chi connectivity index (χ0) is 9.26. The van der Waals surface area contributed by atoms with Crippen molar-refractivity contribution < 1.29 is 9.84 Å². The normalized spacial score (nSPS) is 28.2. The van der Waals surface area contributed by atoms with Crippen LogP contribution in [0.25, 0.3) is 0 Å². The molecule has 2 aliphatic carbocycles. The molecule has 0 bridgehead atoms. The van der Waals surface area contributed by atoms with Gasteiger partial charge >= 0.3 is 0 Å². The van der Waals surface area contributed by atoms with Gasteiger partial charge in [-0.25, -0.2) is 0 Å². The molecule has 1 N–H and O–H groups in total. The third kappa shape index (κ3) is 2.05. The average molecular weight is 184 g/mol. The first-order valence-electron chi connectivity index (χ1n) is 5.62. The van der Waals surface area contributed by atoms with E-state index in [0.717, 1.165) is 6.61 Å². The second-order valence-corrected chi connectivity index (χ2v) is 4.44. The molecular weight excluding hydrogens is 164 g/mol. The van der Waals surface area contributed by atoms with Gasteiger partial charge in [0.15, 0.2) is 0 Å². The van der Waals surface area contributed by atoms with E-state index in [1.807, 2.05) is 6.92 Å². The summed E-state index contributed by atoms with van der Waals surface area (Å²) in [6.45, 7) is 2.76. The van der Waals surface area contributed by atoms with Crippen molar-refractivity contribution in [3.8, 4) is 0 Å². The maximum Gasteiger partial charge on any atom is 0.0864 e. The Balaban J connectivity index is 1.84. The Morgan fingerprint density at radius 3 is 2.31 bits per heavy atom. The van der Waals surface area contributed by atoms with Crippen LogP contribution < -0.4 is 0 Å². The zero-order valence-electron chi connectivity index (χ0n) is 8.41. The third-order valence-corrected chi connectivity index (χ3v) is 3.42. The standard InChI is InChI=1S/C11H20O2/c1-2-13-11(9-6-7-9)10(12)8-4-3-5-8/h8-12H,2-7H2,1H3. The van der Waals surface area contributed by atoms with Crippen molar-refractivity contribution in [3.05, 3.63) is 0 Å². The highest BCUT2D eigenvalue weighted by Gasteiger charge is 2.41. The lowest BCUT2D eigenvalue weighted by Gasteiger charge is -2.35. The average Bonchev–Trinajstić information content (AvgIpc) is 2.79. The first-order chi connectivity index (χ1) is 6.33. The van der Waals surface area contributed by atoms with Crippen LogP contribution in [0, 0.1) is 11.8 Å². The highest BCUT2D eigenvalue weighted by molar-refractivity contribution is 4.91. The van der Waals surface area contributed by atoms with E-state index in [2.05, 4.69) is 0 Å². The summed E-state index contributed by atoms with van der Waals surface area (Å²) in [5.74, 6) is 1.20. The lowest BCUT2D eigenvalue weighted by atomic mass is 9.78. The largest absolute Gasteiger partial charge is 0.390 e. The molecule has 2 rings (SSSR count). The molecule has 2 atom stereocenters. The van der Waals surface area contributed by atoms with Gasteiger partial charge in [0.2, 0.25) is 0 Å². The SMILES string of the molecule is CCOC(C1CC1)C(O)C1CCC1. The molecule has 2 nitrogen and oxygen atoms in total. The smallest absolute Gasteiger partial charge is 0.0864 e. The van der Waals surface area contributed by atoms with E-state index in [9.17, 15) is 5.11 Å². The number of aliphatic hydroxyl groups excluding tert-OH is 1. The van der Waals surface area contributed by atoms with Gasteiger partial charge in [-0.05, 0) is 44.4 Å². The predicted octanol–water partition coefficient (Wildman–Crippen LogP) is 1.96. The monoisotopic (exact) mass is 184 g/mol. The van der Waals surface area contributed by atoms with Crippen molar-refractivity contribution in [1.82, 2.24) is 0 Å². The second-order valence-electron chi connectivity index (χ2n) is 4.44. The van der Waals surface area contributed by atoms with Crippen molar-refractivity contribution in [2.45, 2.75) is 51.2 Å². The van der Waals surface area contributed by atoms with Crippen molar-refractivity contribution >= 4 is 0 Å². The fourth-order valence-corrected chi connectivity index (χ4v) is 2.18. The van der Waals surface area contributed by atoms with E-state index in [1.54, 1.807) is 0 Å². The van der Waals surface area contributed by atoms with E-state index in [4.69, 9.17) is 4.74 Å². The van der Waals surface area contributed by atoms with Crippen LogP contribution in [0.2, 0.25) is 0 Å². The molecule has 13 heavy (non-hydrogen) atoms. The number of ether oxygens (including phenoxy) is 1. The molecule has 0 aromatic carbocycles. The lowest BCUT2D eigenvalue weighted by Crippen LogP contribution is -2.40. The molecule has 76 valence electrons. The minimum absolute atomic E-state index is 0.148. The van der Waals surface area contributed by atoms with E-state index in [0.29, 0.717) is 11.8 Å². The van der Waals surface area contributed by atoms with Gasteiger partial charge in [0.25, 0.3) is 0 Å². The van der Waals surface area contributed by atoms with Crippen molar-refractivity contribution in [3.63, 3.8) is 0 Å². The van der Waals surface area contributed by atoms with Gasteiger partial charge in [0, 0.05) is 6.61 Å². The zero-order valence-corrected chi connectivity index (χ0v) is 8.41. The van der Waals surface area contributed by atoms with Crippen molar-refractivity contribution in [2.75, 3.05) is 6.61 Å². The molecule has 2 fully saturated rings. The Labute approximate surface area is 80.3 Å². The summed E-state index contributed by atoms with van der Waals surface area (Å²) in [5.41, 5.74) is 0. The molecule has 2 heteroatoms. The summed E-state index contributed by atoms with van der Waals surface area (Å²) in [6.07, 6.45) is 6.19. The molecule has 2 saturated carbocycles. The minimum atomic E-state index is -0.179. The van der Waals surface area contributed by atoms with E-state index < -0.39 is 0 Å². The van der Waals surface area contributed by atoms with E-state index in [1.165, 1.54) is 32.1 Å². The quantitative estimate of drug-likeness (QED) is 0.707. The van der Waals surface area contributed by atoms with Gasteiger partial charge in [0.1, 0.15) is 0 Å². The molecule has 0 aliphatic heterocycles. The molecule has 0 saturated heterocycles. The minimum Gasteiger partial charge on any atom is -0.390 e. The summed E-state index contributed by atoms with van der Waals surface area (Å²) in [6, 6.07) is 0. The topological polar surface area (TPSA) is 29.5 Å². The first kappa shape index (κ1) is 9.47. The van der Waals surface area contributed by atoms with Gasteiger partial charge in [-0.1, -0.05) is 6.42 Å². The van der Waals surface area contributed by atoms with E-state index in [-0.39, 0.29) is 12.2 Å². The highest BCUT2D eigenvalue weighted by atomic mass is 16.5. The van der Waals surface area contributed by atoms with Gasteiger partial charge in [-0.15, -0.1) is 0 Å². The van der Waals surface area contributed by atoms with Gasteiger partial charge in [0.05, 0.1) is 12.2 Å². The second kappa shape index (κ2) is 3.97. The fourth-order valence-electron chi connectivity index (χ4n) is 2.18. The van der Waals surface area contributed by atoms with Crippen molar-refractivity contribution in [1.29, 1.82) is 0 Å². The molecule has 2 unspecified atom stereocenters. The first-order valence-corrected chi connectivity index (χ1v) is 5.62. The van der Waals surface area contributed by atoms with Gasteiger partial charge in [-0.2, -0.15) is 0 Å². The van der Waals surface area contributed by atoms with E-state index >= 15 is 0 Å². The Kier molecular flexibility index (Phi) is 2.89. The Hall–Kier alpha value is -0.0800. The highest BCUT2D eigenvalue weighted by Crippen LogP contribution is 2.41. The maximum absolute atomic E-state index is 10.0. The molecule has 2 aliphatic rings. The summed E-state index contributed by atoms with van der Waals surface area (Å²) in [5, 5.41) is 10.0. The summed E-state index contributed by atoms with van der Waals surface area (Å²) in [7, 11) is 0. The Morgan fingerprint density at radius 2 is 1.92 bits per heavy atom. The number of hydrogen-bond donors (Lipinski definition) is 1. The molecule has 0 amide bonds. The fraction of sp³-hybridized carbons (Fsp3) is 1.00. The predicted molar refractivity (Wildman–Crippen MR) is 51.5 cm³/mol. The maximum atomic E-state index is 10.0. The number of hydrogen-bond acceptors (Lipinski definition) is 2. The van der Waals surface area contributed by atoms with Crippen LogP contribution >= 0.6 is 0 Å². The summed E-state index contributed by atoms with van der Waals surface area (Å²) >= 11 is 0. The van der Waals surface area contributed by atoms with Crippen LogP contribution in [0.5, 0.6) is 0 Å². The molecule has 0 radical (unpaired) electrons. The van der Waals surface area contributed by atoms with Crippen LogP contribution in [0.1, 0.15) is 39.0 Å². The number of aliphatic hydroxyl groups is 1. The molecule has 0 aromatic rings. The van der Waals surface area contributed by atoms with Gasteiger partial charge in [-0.3, -0.25) is 0 Å². The molecular formula is C11H20O2. The van der Waals surface area contributed by atoms with Gasteiger partial charge < -0.3 is 9.84 Å². The summed E-state index contributed by atoms with van der Waals surface area (Å²) in [4.78, 5) is 0. The Bertz CT molecular complexity index is 161.